The van der Waals surface area contributed by atoms with Gasteiger partial charge in [-0.05, 0) is 0 Å². The van der Waals surface area contributed by atoms with Crippen LogP contribution in [0.15, 0.2) is 103 Å². The molecule has 7 heteroatoms. The molecule has 6 nitrogen and oxygen atoms in total. The van der Waals surface area contributed by atoms with E-state index >= 15 is 0 Å². The van der Waals surface area contributed by atoms with E-state index in [1.54, 1.807) is 60.7 Å². The SMILES string of the molecule is CC(=O)OI(c1ccc2oc3ccccc3c(=O)c2c1)c1ccc2oc3ccccc3c(=O)c2c1. The predicted octanol–water partition coefficient (Wildman–Crippen LogP) is 6.23. The molecule has 0 aliphatic heterocycles. The van der Waals surface area contributed by atoms with E-state index in [2.05, 4.69) is 0 Å². The minimum atomic E-state index is -2.83. The van der Waals surface area contributed by atoms with Gasteiger partial charge in [0.1, 0.15) is 0 Å². The van der Waals surface area contributed by atoms with Crippen molar-refractivity contribution in [3.63, 3.8) is 0 Å². The van der Waals surface area contributed by atoms with Crippen LogP contribution in [-0.4, -0.2) is 5.97 Å². The molecule has 0 aliphatic rings. The van der Waals surface area contributed by atoms with Crippen LogP contribution in [0.25, 0.3) is 43.9 Å². The van der Waals surface area contributed by atoms with E-state index in [0.29, 0.717) is 43.9 Å². The fourth-order valence-corrected chi connectivity index (χ4v) is 8.14. The molecular formula is C28H17IO6. The van der Waals surface area contributed by atoms with Gasteiger partial charge in [0, 0.05) is 0 Å². The Kier molecular flexibility index (Phi) is 5.14. The molecule has 0 atom stereocenters. The van der Waals surface area contributed by atoms with Crippen molar-refractivity contribution in [2.45, 2.75) is 6.92 Å². The fraction of sp³-hybridized carbons (Fsp3) is 0.0357. The topological polar surface area (TPSA) is 86.7 Å². The number of rotatable bonds is 3. The van der Waals surface area contributed by atoms with Gasteiger partial charge in [-0.25, -0.2) is 0 Å². The molecule has 0 saturated heterocycles. The van der Waals surface area contributed by atoms with Crippen molar-refractivity contribution in [1.82, 2.24) is 0 Å². The number of para-hydroxylation sites is 2. The number of fused-ring (bicyclic) bond motifs is 4. The Morgan fingerprint density at radius 1 is 0.629 bits per heavy atom. The second-order valence-electron chi connectivity index (χ2n) is 7.95. The van der Waals surface area contributed by atoms with E-state index in [9.17, 15) is 14.4 Å². The van der Waals surface area contributed by atoms with Gasteiger partial charge in [0.15, 0.2) is 0 Å². The minimum absolute atomic E-state index is 0.145. The van der Waals surface area contributed by atoms with Crippen molar-refractivity contribution in [2.75, 3.05) is 0 Å². The molecule has 0 saturated carbocycles. The molecule has 0 aliphatic carbocycles. The summed E-state index contributed by atoms with van der Waals surface area (Å²) < 4.78 is 19.1. The van der Waals surface area contributed by atoms with E-state index in [4.69, 9.17) is 11.9 Å². The summed E-state index contributed by atoms with van der Waals surface area (Å²) in [6, 6.07) is 24.8. The molecule has 2 aromatic heterocycles. The first-order chi connectivity index (χ1) is 17.0. The van der Waals surface area contributed by atoms with Gasteiger partial charge < -0.3 is 0 Å². The molecule has 0 radical (unpaired) electrons. The first kappa shape index (κ1) is 21.5. The first-order valence-electron chi connectivity index (χ1n) is 10.8. The summed E-state index contributed by atoms with van der Waals surface area (Å²) in [7, 11) is 0. The van der Waals surface area contributed by atoms with Crippen LogP contribution in [0.1, 0.15) is 6.92 Å². The number of hydrogen-bond acceptors (Lipinski definition) is 6. The predicted molar refractivity (Wildman–Crippen MR) is 143 cm³/mol. The molecule has 35 heavy (non-hydrogen) atoms. The van der Waals surface area contributed by atoms with Gasteiger partial charge in [0.2, 0.25) is 0 Å². The van der Waals surface area contributed by atoms with Crippen molar-refractivity contribution < 1.29 is 16.7 Å². The summed E-state index contributed by atoms with van der Waals surface area (Å²) in [5.41, 5.74) is 1.66. The summed E-state index contributed by atoms with van der Waals surface area (Å²) in [6.45, 7) is 1.36. The molecular weight excluding hydrogens is 559 g/mol. The van der Waals surface area contributed by atoms with Gasteiger partial charge >= 0.3 is 206 Å². The van der Waals surface area contributed by atoms with Gasteiger partial charge in [-0.3, -0.25) is 0 Å². The van der Waals surface area contributed by atoms with Gasteiger partial charge in [0.25, 0.3) is 0 Å². The Morgan fingerprint density at radius 2 is 1.06 bits per heavy atom. The molecule has 0 N–H and O–H groups in total. The second-order valence-corrected chi connectivity index (χ2v) is 12.3. The Balaban J connectivity index is 1.56. The molecule has 0 bridgehead atoms. The summed E-state index contributed by atoms with van der Waals surface area (Å²) in [5.74, 6) is -0.425. The van der Waals surface area contributed by atoms with Crippen LogP contribution in [0.3, 0.4) is 0 Å². The van der Waals surface area contributed by atoms with Crippen LogP contribution >= 0.6 is 20.2 Å². The van der Waals surface area contributed by atoms with Crippen molar-refractivity contribution in [3.05, 3.63) is 113 Å². The summed E-state index contributed by atoms with van der Waals surface area (Å²) in [4.78, 5) is 38.4. The Hall–Kier alpha value is -3.98. The summed E-state index contributed by atoms with van der Waals surface area (Å²) >= 11 is -2.83. The normalized spacial score (nSPS) is 11.9. The maximum absolute atomic E-state index is 13.2. The van der Waals surface area contributed by atoms with Gasteiger partial charge in [-0.1, -0.05) is 0 Å². The summed E-state index contributed by atoms with van der Waals surface area (Å²) in [5, 5.41) is 1.81. The zero-order valence-corrected chi connectivity index (χ0v) is 20.6. The monoisotopic (exact) mass is 576 g/mol. The van der Waals surface area contributed by atoms with E-state index in [-0.39, 0.29) is 10.9 Å². The molecule has 6 aromatic rings. The molecule has 4 aromatic carbocycles. The van der Waals surface area contributed by atoms with Crippen LogP contribution in [0.4, 0.5) is 0 Å². The molecule has 0 fully saturated rings. The van der Waals surface area contributed by atoms with Gasteiger partial charge in [0.05, 0.1) is 0 Å². The summed E-state index contributed by atoms with van der Waals surface area (Å²) in [6.07, 6.45) is 0. The third-order valence-electron chi connectivity index (χ3n) is 5.66. The number of hydrogen-bond donors (Lipinski definition) is 0. The van der Waals surface area contributed by atoms with Crippen molar-refractivity contribution >= 4 is 70.1 Å². The number of halogens is 1. The number of carbonyl (C=O) groups is 1. The fourth-order valence-electron chi connectivity index (χ4n) is 4.09. The second kappa shape index (κ2) is 8.35. The molecule has 0 amide bonds. The van der Waals surface area contributed by atoms with E-state index in [0.717, 1.165) is 7.14 Å². The zero-order chi connectivity index (χ0) is 24.1. The zero-order valence-electron chi connectivity index (χ0n) is 18.4. The van der Waals surface area contributed by atoms with Gasteiger partial charge in [-0.2, -0.15) is 0 Å². The third kappa shape index (κ3) is 3.68. The number of carbonyl (C=O) groups excluding carboxylic acids is 1. The van der Waals surface area contributed by atoms with E-state index in [1.807, 2.05) is 24.3 Å². The van der Waals surface area contributed by atoms with E-state index < -0.39 is 26.2 Å². The molecule has 2 heterocycles. The number of benzene rings is 4. The average molecular weight is 576 g/mol. The molecule has 0 unspecified atom stereocenters. The Morgan fingerprint density at radius 3 is 1.51 bits per heavy atom. The maximum atomic E-state index is 13.2. The molecule has 6 rings (SSSR count). The van der Waals surface area contributed by atoms with Gasteiger partial charge in [-0.15, -0.1) is 0 Å². The van der Waals surface area contributed by atoms with Crippen LogP contribution in [0.5, 0.6) is 0 Å². The third-order valence-corrected chi connectivity index (χ3v) is 10.3. The Labute approximate surface area is 205 Å². The van der Waals surface area contributed by atoms with Crippen LogP contribution in [0, 0.1) is 7.14 Å². The first-order valence-corrected chi connectivity index (χ1v) is 13.8. The van der Waals surface area contributed by atoms with Crippen molar-refractivity contribution in [3.8, 4) is 0 Å². The van der Waals surface area contributed by atoms with Crippen molar-refractivity contribution in [1.29, 1.82) is 0 Å². The molecule has 172 valence electrons. The molecule has 0 spiro atoms. The quantitative estimate of drug-likeness (QED) is 0.184. The van der Waals surface area contributed by atoms with E-state index in [1.165, 1.54) is 6.92 Å². The van der Waals surface area contributed by atoms with Crippen LogP contribution < -0.4 is 10.9 Å². The van der Waals surface area contributed by atoms with Crippen LogP contribution in [0.2, 0.25) is 0 Å². The average Bonchev–Trinajstić information content (AvgIpc) is 2.87. The standard InChI is InChI=1S/C28H17IO6/c1-16(30)35-29(17-10-12-25-21(14-17)27(31)19-6-2-4-8-23(19)33-25)18-11-13-26-22(15-18)28(32)20-7-3-5-9-24(20)34-26/h2-15H,1H3. The van der Waals surface area contributed by atoms with Crippen molar-refractivity contribution in [2.24, 2.45) is 0 Å². The van der Waals surface area contributed by atoms with Crippen LogP contribution in [-0.2, 0) is 7.86 Å². The Bertz CT molecular complexity index is 1780.